The molecule has 0 fully saturated rings. The highest BCUT2D eigenvalue weighted by Gasteiger charge is 2.04. The Morgan fingerprint density at radius 1 is 1.41 bits per heavy atom. The molecule has 0 amide bonds. The standard InChI is InChI=1S/C15H18O2/c1-4-13(15(16)5-2)11-12-7-9-14(10-8-12)17-6-3/h2,7-11,15-16H,4,6H2,1,3H3. The zero-order chi connectivity index (χ0) is 12.7. The van der Waals surface area contributed by atoms with E-state index in [-0.39, 0.29) is 0 Å². The van der Waals surface area contributed by atoms with Crippen LogP contribution in [0.3, 0.4) is 0 Å². The Kier molecular flexibility index (Phi) is 5.32. The largest absolute Gasteiger partial charge is 0.494 e. The van der Waals surface area contributed by atoms with Crippen molar-refractivity contribution in [1.29, 1.82) is 0 Å². The molecule has 0 aliphatic carbocycles. The molecule has 0 saturated heterocycles. The lowest BCUT2D eigenvalue weighted by Crippen LogP contribution is -2.05. The van der Waals surface area contributed by atoms with Gasteiger partial charge in [0.1, 0.15) is 11.9 Å². The fourth-order valence-electron chi connectivity index (χ4n) is 1.52. The van der Waals surface area contributed by atoms with Gasteiger partial charge in [0.25, 0.3) is 0 Å². The van der Waals surface area contributed by atoms with E-state index in [1.165, 1.54) is 0 Å². The molecular weight excluding hydrogens is 212 g/mol. The van der Waals surface area contributed by atoms with Gasteiger partial charge in [-0.3, -0.25) is 0 Å². The number of aliphatic hydroxyl groups is 1. The molecule has 0 radical (unpaired) electrons. The summed E-state index contributed by atoms with van der Waals surface area (Å²) in [5.41, 5.74) is 1.86. The minimum atomic E-state index is -0.799. The summed E-state index contributed by atoms with van der Waals surface area (Å²) in [6, 6.07) is 7.71. The summed E-state index contributed by atoms with van der Waals surface area (Å²) in [7, 11) is 0. The van der Waals surface area contributed by atoms with Crippen LogP contribution in [-0.4, -0.2) is 17.8 Å². The van der Waals surface area contributed by atoms with Crippen molar-refractivity contribution in [1.82, 2.24) is 0 Å². The Balaban J connectivity index is 2.86. The smallest absolute Gasteiger partial charge is 0.136 e. The summed E-state index contributed by atoms with van der Waals surface area (Å²) < 4.78 is 5.36. The number of terminal acetylenes is 1. The van der Waals surface area contributed by atoms with Crippen molar-refractivity contribution in [2.45, 2.75) is 26.4 Å². The molecular formula is C15H18O2. The first-order valence-electron chi connectivity index (χ1n) is 5.78. The van der Waals surface area contributed by atoms with Crippen molar-refractivity contribution in [3.63, 3.8) is 0 Å². The van der Waals surface area contributed by atoms with E-state index in [9.17, 15) is 5.11 Å². The van der Waals surface area contributed by atoms with Crippen LogP contribution in [0.4, 0.5) is 0 Å². The second-order valence-electron chi connectivity index (χ2n) is 3.64. The lowest BCUT2D eigenvalue weighted by Gasteiger charge is -2.08. The summed E-state index contributed by atoms with van der Waals surface area (Å²) in [6.07, 6.45) is 7.06. The van der Waals surface area contributed by atoms with Crippen LogP contribution in [0.5, 0.6) is 5.75 Å². The van der Waals surface area contributed by atoms with E-state index in [2.05, 4.69) is 5.92 Å². The molecule has 17 heavy (non-hydrogen) atoms. The maximum absolute atomic E-state index is 9.59. The zero-order valence-electron chi connectivity index (χ0n) is 10.3. The molecule has 1 unspecified atom stereocenters. The third-order valence-electron chi connectivity index (χ3n) is 2.46. The Hall–Kier alpha value is -1.72. The summed E-state index contributed by atoms with van der Waals surface area (Å²) in [5.74, 6) is 3.18. The molecule has 1 atom stereocenters. The van der Waals surface area contributed by atoms with Gasteiger partial charge in [-0.25, -0.2) is 0 Å². The van der Waals surface area contributed by atoms with E-state index in [4.69, 9.17) is 11.2 Å². The highest BCUT2D eigenvalue weighted by molar-refractivity contribution is 5.55. The van der Waals surface area contributed by atoms with Gasteiger partial charge in [-0.05, 0) is 36.6 Å². The van der Waals surface area contributed by atoms with Gasteiger partial charge < -0.3 is 9.84 Å². The molecule has 0 spiro atoms. The van der Waals surface area contributed by atoms with Gasteiger partial charge in [0.05, 0.1) is 6.61 Å². The predicted molar refractivity (Wildman–Crippen MR) is 70.7 cm³/mol. The summed E-state index contributed by atoms with van der Waals surface area (Å²) in [4.78, 5) is 0. The van der Waals surface area contributed by atoms with Crippen LogP contribution in [0.2, 0.25) is 0 Å². The number of rotatable bonds is 5. The highest BCUT2D eigenvalue weighted by atomic mass is 16.5. The average molecular weight is 230 g/mol. The first-order chi connectivity index (χ1) is 8.21. The van der Waals surface area contributed by atoms with E-state index in [1.54, 1.807) is 0 Å². The Labute approximate surface area is 103 Å². The molecule has 0 aliphatic rings. The molecule has 1 rings (SSSR count). The number of benzene rings is 1. The SMILES string of the molecule is C#CC(O)C(=Cc1ccc(OCC)cc1)CC. The summed E-state index contributed by atoms with van der Waals surface area (Å²) in [5, 5.41) is 9.59. The first kappa shape index (κ1) is 13.3. The molecule has 0 heterocycles. The van der Waals surface area contributed by atoms with E-state index in [0.29, 0.717) is 6.61 Å². The second-order valence-corrected chi connectivity index (χ2v) is 3.64. The molecule has 1 N–H and O–H groups in total. The lowest BCUT2D eigenvalue weighted by atomic mass is 10.0. The maximum atomic E-state index is 9.59. The van der Waals surface area contributed by atoms with Crippen molar-refractivity contribution in [3.05, 3.63) is 35.4 Å². The first-order valence-corrected chi connectivity index (χ1v) is 5.78. The third-order valence-corrected chi connectivity index (χ3v) is 2.46. The van der Waals surface area contributed by atoms with Crippen LogP contribution in [0.25, 0.3) is 6.08 Å². The topological polar surface area (TPSA) is 29.5 Å². The van der Waals surface area contributed by atoms with E-state index >= 15 is 0 Å². The van der Waals surface area contributed by atoms with Gasteiger partial charge in [-0.1, -0.05) is 31.1 Å². The minimum absolute atomic E-state index is 0.658. The van der Waals surface area contributed by atoms with Gasteiger partial charge in [-0.15, -0.1) is 6.42 Å². The summed E-state index contributed by atoms with van der Waals surface area (Å²) >= 11 is 0. The molecule has 2 nitrogen and oxygen atoms in total. The van der Waals surface area contributed by atoms with Crippen LogP contribution in [0.1, 0.15) is 25.8 Å². The van der Waals surface area contributed by atoms with Crippen molar-refractivity contribution >= 4 is 6.08 Å². The minimum Gasteiger partial charge on any atom is -0.494 e. The average Bonchev–Trinajstić information content (AvgIpc) is 2.37. The second kappa shape index (κ2) is 6.78. The Bertz CT molecular complexity index is 410. The fraction of sp³-hybridized carbons (Fsp3) is 0.333. The fourth-order valence-corrected chi connectivity index (χ4v) is 1.52. The van der Waals surface area contributed by atoms with Crippen LogP contribution in [0.15, 0.2) is 29.8 Å². The van der Waals surface area contributed by atoms with Gasteiger partial charge in [0, 0.05) is 0 Å². The van der Waals surface area contributed by atoms with E-state index in [1.807, 2.05) is 44.2 Å². The number of aliphatic hydroxyl groups excluding tert-OH is 1. The van der Waals surface area contributed by atoms with E-state index in [0.717, 1.165) is 23.3 Å². The monoisotopic (exact) mass is 230 g/mol. The highest BCUT2D eigenvalue weighted by Crippen LogP contribution is 2.17. The van der Waals surface area contributed by atoms with Crippen LogP contribution in [0, 0.1) is 12.3 Å². The summed E-state index contributed by atoms with van der Waals surface area (Å²) in [6.45, 7) is 4.58. The number of hydrogen-bond donors (Lipinski definition) is 1. The number of ether oxygens (including phenoxy) is 1. The maximum Gasteiger partial charge on any atom is 0.136 e. The van der Waals surface area contributed by atoms with Gasteiger partial charge in [-0.2, -0.15) is 0 Å². The van der Waals surface area contributed by atoms with E-state index < -0.39 is 6.10 Å². The number of hydrogen-bond acceptors (Lipinski definition) is 2. The van der Waals surface area contributed by atoms with Crippen molar-refractivity contribution in [2.75, 3.05) is 6.61 Å². The van der Waals surface area contributed by atoms with Crippen molar-refractivity contribution < 1.29 is 9.84 Å². The van der Waals surface area contributed by atoms with Gasteiger partial charge >= 0.3 is 0 Å². The molecule has 90 valence electrons. The Morgan fingerprint density at radius 3 is 2.53 bits per heavy atom. The van der Waals surface area contributed by atoms with Crippen LogP contribution >= 0.6 is 0 Å². The molecule has 0 aliphatic heterocycles. The van der Waals surface area contributed by atoms with Gasteiger partial charge in [0.15, 0.2) is 0 Å². The molecule has 0 aromatic heterocycles. The molecule has 2 heteroatoms. The van der Waals surface area contributed by atoms with Crippen molar-refractivity contribution in [2.24, 2.45) is 0 Å². The van der Waals surface area contributed by atoms with Crippen LogP contribution in [-0.2, 0) is 0 Å². The molecule has 0 bridgehead atoms. The van der Waals surface area contributed by atoms with Gasteiger partial charge in [0.2, 0.25) is 0 Å². The molecule has 1 aromatic carbocycles. The molecule has 1 aromatic rings. The zero-order valence-corrected chi connectivity index (χ0v) is 10.3. The molecule has 0 saturated carbocycles. The predicted octanol–water partition coefficient (Wildman–Crippen LogP) is 2.87. The lowest BCUT2D eigenvalue weighted by molar-refractivity contribution is 0.266. The third kappa shape index (κ3) is 3.97. The Morgan fingerprint density at radius 2 is 2.06 bits per heavy atom. The van der Waals surface area contributed by atoms with Crippen LogP contribution < -0.4 is 4.74 Å². The van der Waals surface area contributed by atoms with Crippen molar-refractivity contribution in [3.8, 4) is 18.1 Å². The normalized spacial score (nSPS) is 12.9. The quantitative estimate of drug-likeness (QED) is 0.788.